The molecule has 0 atom stereocenters. The molecule has 0 fully saturated rings. The van der Waals surface area contributed by atoms with Gasteiger partial charge in [-0.15, -0.1) is 0 Å². The second-order valence-electron chi connectivity index (χ2n) is 3.47. The highest BCUT2D eigenvalue weighted by Gasteiger charge is 2.09. The van der Waals surface area contributed by atoms with Crippen molar-refractivity contribution >= 4 is 0 Å². The normalized spacial score (nSPS) is 15.8. The van der Waals surface area contributed by atoms with Gasteiger partial charge in [0.15, 0.2) is 0 Å². The largest absolute Gasteiger partial charge is 0.258 e. The molecule has 0 bridgehead atoms. The van der Waals surface area contributed by atoms with Crippen molar-refractivity contribution in [3.05, 3.63) is 29.1 Å². The van der Waals surface area contributed by atoms with E-state index in [2.05, 4.69) is 24.0 Å². The third-order valence-corrected chi connectivity index (χ3v) is 2.60. The summed E-state index contributed by atoms with van der Waals surface area (Å²) in [5.74, 6) is 0. The molecule has 1 heterocycles. The van der Waals surface area contributed by atoms with Gasteiger partial charge in [-0.2, -0.15) is 0 Å². The van der Waals surface area contributed by atoms with Crippen LogP contribution in [-0.4, -0.2) is 4.98 Å². The van der Waals surface area contributed by atoms with Gasteiger partial charge in [-0.05, 0) is 43.7 Å². The van der Waals surface area contributed by atoms with Crippen molar-refractivity contribution in [2.24, 2.45) is 0 Å². The van der Waals surface area contributed by atoms with Gasteiger partial charge in [0.1, 0.15) is 0 Å². The summed E-state index contributed by atoms with van der Waals surface area (Å²) in [6, 6.07) is 4.44. The molecule has 1 nitrogen and oxygen atoms in total. The van der Waals surface area contributed by atoms with Crippen LogP contribution < -0.4 is 0 Å². The van der Waals surface area contributed by atoms with Gasteiger partial charge >= 0.3 is 0 Å². The number of aryl methyl sites for hydroxylation is 3. The van der Waals surface area contributed by atoms with Crippen LogP contribution in [0.4, 0.5) is 0 Å². The molecule has 12 heavy (non-hydrogen) atoms. The van der Waals surface area contributed by atoms with Crippen LogP contribution in [0.3, 0.4) is 0 Å². The minimum Gasteiger partial charge on any atom is -0.258 e. The Kier molecular flexibility index (Phi) is 2.11. The second-order valence-corrected chi connectivity index (χ2v) is 3.47. The third kappa shape index (κ3) is 1.36. The molecular weight excluding hydrogens is 146 g/mol. The van der Waals surface area contributed by atoms with Gasteiger partial charge in [0, 0.05) is 11.4 Å². The summed E-state index contributed by atoms with van der Waals surface area (Å²) >= 11 is 0. The van der Waals surface area contributed by atoms with Crippen molar-refractivity contribution in [3.8, 4) is 0 Å². The fourth-order valence-corrected chi connectivity index (χ4v) is 1.82. The lowest BCUT2D eigenvalue weighted by molar-refractivity contribution is 0.663. The highest BCUT2D eigenvalue weighted by Crippen LogP contribution is 2.19. The predicted octanol–water partition coefficient (Wildman–Crippen LogP) is 2.52. The molecular formula is C11H15N. The van der Waals surface area contributed by atoms with Gasteiger partial charge in [0.05, 0.1) is 0 Å². The first kappa shape index (κ1) is 7.78. The molecule has 0 aliphatic heterocycles. The number of hydrogen-bond donors (Lipinski definition) is 0. The van der Waals surface area contributed by atoms with E-state index in [9.17, 15) is 0 Å². The van der Waals surface area contributed by atoms with Gasteiger partial charge < -0.3 is 0 Å². The Labute approximate surface area is 73.8 Å². The molecule has 2 rings (SSSR count). The highest BCUT2D eigenvalue weighted by molar-refractivity contribution is 5.25. The van der Waals surface area contributed by atoms with Crippen LogP contribution in [0.2, 0.25) is 0 Å². The van der Waals surface area contributed by atoms with Crippen LogP contribution >= 0.6 is 0 Å². The summed E-state index contributed by atoms with van der Waals surface area (Å²) in [5, 5.41) is 0. The first-order valence-electron chi connectivity index (χ1n) is 4.88. The van der Waals surface area contributed by atoms with Gasteiger partial charge in [0.2, 0.25) is 0 Å². The van der Waals surface area contributed by atoms with E-state index < -0.39 is 0 Å². The predicted molar refractivity (Wildman–Crippen MR) is 50.3 cm³/mol. The zero-order chi connectivity index (χ0) is 8.39. The lowest BCUT2D eigenvalue weighted by Crippen LogP contribution is -2.06. The minimum absolute atomic E-state index is 1.06. The van der Waals surface area contributed by atoms with Crippen molar-refractivity contribution in [3.63, 3.8) is 0 Å². The Morgan fingerprint density at radius 1 is 1.25 bits per heavy atom. The van der Waals surface area contributed by atoms with Gasteiger partial charge in [-0.1, -0.05) is 13.0 Å². The molecule has 0 saturated heterocycles. The fraction of sp³-hybridized carbons (Fsp3) is 0.545. The van der Waals surface area contributed by atoms with Crippen LogP contribution in [0, 0.1) is 0 Å². The molecule has 0 radical (unpaired) electrons. The zero-order valence-corrected chi connectivity index (χ0v) is 7.64. The van der Waals surface area contributed by atoms with E-state index in [-0.39, 0.29) is 0 Å². The van der Waals surface area contributed by atoms with E-state index in [1.54, 1.807) is 0 Å². The molecule has 1 aromatic heterocycles. The summed E-state index contributed by atoms with van der Waals surface area (Å²) < 4.78 is 0. The maximum Gasteiger partial charge on any atom is 0.0438 e. The SMILES string of the molecule is CCc1ccc2c(n1)CCCC2. The molecule has 0 amide bonds. The van der Waals surface area contributed by atoms with Crippen molar-refractivity contribution < 1.29 is 0 Å². The minimum atomic E-state index is 1.06. The van der Waals surface area contributed by atoms with E-state index in [1.165, 1.54) is 42.6 Å². The Balaban J connectivity index is 2.36. The Morgan fingerprint density at radius 2 is 2.08 bits per heavy atom. The molecule has 0 unspecified atom stereocenters. The quantitative estimate of drug-likeness (QED) is 0.616. The monoisotopic (exact) mass is 161 g/mol. The number of nitrogens with zero attached hydrogens (tertiary/aromatic N) is 1. The van der Waals surface area contributed by atoms with E-state index in [0.717, 1.165) is 6.42 Å². The van der Waals surface area contributed by atoms with E-state index in [0.29, 0.717) is 0 Å². The Morgan fingerprint density at radius 3 is 2.92 bits per heavy atom. The average molecular weight is 161 g/mol. The van der Waals surface area contributed by atoms with Crippen LogP contribution in [0.5, 0.6) is 0 Å². The van der Waals surface area contributed by atoms with Crippen molar-refractivity contribution in [2.75, 3.05) is 0 Å². The van der Waals surface area contributed by atoms with Crippen LogP contribution in [-0.2, 0) is 19.3 Å². The maximum absolute atomic E-state index is 4.63. The standard InChI is InChI=1S/C11H15N/c1-2-10-8-7-9-5-3-4-6-11(9)12-10/h7-8H,2-6H2,1H3. The van der Waals surface area contributed by atoms with E-state index >= 15 is 0 Å². The molecule has 1 aliphatic carbocycles. The first-order chi connectivity index (χ1) is 5.90. The van der Waals surface area contributed by atoms with Crippen LogP contribution in [0.1, 0.15) is 36.7 Å². The summed E-state index contributed by atoms with van der Waals surface area (Å²) in [5.41, 5.74) is 4.09. The van der Waals surface area contributed by atoms with Crippen LogP contribution in [0.15, 0.2) is 12.1 Å². The van der Waals surface area contributed by atoms with Gasteiger partial charge in [-0.3, -0.25) is 4.98 Å². The number of pyridine rings is 1. The third-order valence-electron chi connectivity index (χ3n) is 2.60. The molecule has 1 heteroatoms. The summed E-state index contributed by atoms with van der Waals surface area (Å²) in [7, 11) is 0. The average Bonchev–Trinajstić information content (AvgIpc) is 2.17. The molecule has 1 aromatic rings. The van der Waals surface area contributed by atoms with Gasteiger partial charge in [0.25, 0.3) is 0 Å². The van der Waals surface area contributed by atoms with Crippen molar-refractivity contribution in [2.45, 2.75) is 39.0 Å². The number of rotatable bonds is 1. The second kappa shape index (κ2) is 3.26. The summed E-state index contributed by atoms with van der Waals surface area (Å²) in [6.45, 7) is 2.16. The topological polar surface area (TPSA) is 12.9 Å². The van der Waals surface area contributed by atoms with Crippen molar-refractivity contribution in [1.29, 1.82) is 0 Å². The summed E-state index contributed by atoms with van der Waals surface area (Å²) in [6.07, 6.45) is 6.18. The molecule has 0 saturated carbocycles. The highest BCUT2D eigenvalue weighted by atomic mass is 14.7. The zero-order valence-electron chi connectivity index (χ0n) is 7.64. The smallest absolute Gasteiger partial charge is 0.0438 e. The Bertz CT molecular complexity index is 278. The lowest BCUT2D eigenvalue weighted by Gasteiger charge is -2.14. The summed E-state index contributed by atoms with van der Waals surface area (Å²) in [4.78, 5) is 4.63. The van der Waals surface area contributed by atoms with E-state index in [1.807, 2.05) is 0 Å². The number of fused-ring (bicyclic) bond motifs is 1. The molecule has 64 valence electrons. The van der Waals surface area contributed by atoms with Gasteiger partial charge in [-0.25, -0.2) is 0 Å². The van der Waals surface area contributed by atoms with Crippen LogP contribution in [0.25, 0.3) is 0 Å². The molecule has 0 N–H and O–H groups in total. The maximum atomic E-state index is 4.63. The lowest BCUT2D eigenvalue weighted by atomic mass is 9.96. The number of hydrogen-bond acceptors (Lipinski definition) is 1. The first-order valence-corrected chi connectivity index (χ1v) is 4.88. The molecule has 0 spiro atoms. The Hall–Kier alpha value is -0.850. The van der Waals surface area contributed by atoms with E-state index in [4.69, 9.17) is 0 Å². The van der Waals surface area contributed by atoms with Crippen molar-refractivity contribution in [1.82, 2.24) is 4.98 Å². The number of aromatic nitrogens is 1. The fourth-order valence-electron chi connectivity index (χ4n) is 1.82. The molecule has 1 aliphatic rings. The molecule has 0 aromatic carbocycles.